The van der Waals surface area contributed by atoms with Crippen LogP contribution in [-0.2, 0) is 14.3 Å². The Hall–Kier alpha value is -1.14. The summed E-state index contributed by atoms with van der Waals surface area (Å²) < 4.78 is 5.28. The number of carbonyl (C=O) groups excluding carboxylic acids is 1. The fourth-order valence-corrected chi connectivity index (χ4v) is 2.86. The topological polar surface area (TPSA) is 92.9 Å². The minimum atomic E-state index is -0.934. The smallest absolute Gasteiger partial charge is 0.326 e. The van der Waals surface area contributed by atoms with E-state index in [2.05, 4.69) is 0 Å². The molecule has 3 N–H and O–H groups in total. The second-order valence-corrected chi connectivity index (χ2v) is 6.02. The van der Waals surface area contributed by atoms with E-state index >= 15 is 0 Å². The van der Waals surface area contributed by atoms with Gasteiger partial charge in [0.15, 0.2) is 0 Å². The highest BCUT2D eigenvalue weighted by molar-refractivity contribution is 5.88. The molecule has 0 saturated carbocycles. The van der Waals surface area contributed by atoms with Gasteiger partial charge < -0.3 is 20.5 Å². The predicted molar refractivity (Wildman–Crippen MR) is 68.4 cm³/mol. The lowest BCUT2D eigenvalue weighted by Gasteiger charge is -2.40. The molecule has 6 heteroatoms. The number of carboxylic acid groups (broad SMARTS) is 1. The lowest BCUT2D eigenvalue weighted by Crippen LogP contribution is -2.58. The molecule has 0 bridgehead atoms. The summed E-state index contributed by atoms with van der Waals surface area (Å²) in [4.78, 5) is 25.5. The Balaban J connectivity index is 2.19. The van der Waals surface area contributed by atoms with Crippen molar-refractivity contribution in [1.29, 1.82) is 0 Å². The normalized spacial score (nSPS) is 39.3. The van der Waals surface area contributed by atoms with E-state index in [0.29, 0.717) is 25.5 Å². The summed E-state index contributed by atoms with van der Waals surface area (Å²) >= 11 is 0. The predicted octanol–water partition coefficient (Wildman–Crippen LogP) is 0.0619. The summed E-state index contributed by atoms with van der Waals surface area (Å²) in [6.07, 6.45) is 1.34. The number of piperidine rings is 1. The highest BCUT2D eigenvalue weighted by Gasteiger charge is 2.49. The maximum Gasteiger partial charge on any atom is 0.326 e. The van der Waals surface area contributed by atoms with E-state index in [0.717, 1.165) is 6.42 Å². The summed E-state index contributed by atoms with van der Waals surface area (Å²) in [5.41, 5.74) is 5.15. The summed E-state index contributed by atoms with van der Waals surface area (Å²) in [5.74, 6) is -0.792. The van der Waals surface area contributed by atoms with E-state index in [4.69, 9.17) is 10.5 Å². The molecule has 0 aromatic carbocycles. The highest BCUT2D eigenvalue weighted by atomic mass is 16.5. The first-order chi connectivity index (χ1) is 8.86. The van der Waals surface area contributed by atoms with Crippen LogP contribution in [0.2, 0.25) is 0 Å². The van der Waals surface area contributed by atoms with E-state index in [-0.39, 0.29) is 18.6 Å². The molecular weight excluding hydrogens is 248 g/mol. The van der Waals surface area contributed by atoms with E-state index in [1.807, 2.05) is 6.92 Å². The Labute approximate surface area is 112 Å². The van der Waals surface area contributed by atoms with Gasteiger partial charge in [0, 0.05) is 12.6 Å². The molecule has 108 valence electrons. The van der Waals surface area contributed by atoms with Crippen LogP contribution >= 0.6 is 0 Å². The van der Waals surface area contributed by atoms with Crippen LogP contribution in [0.25, 0.3) is 0 Å². The first-order valence-corrected chi connectivity index (χ1v) is 6.73. The third-order valence-corrected chi connectivity index (χ3v) is 4.42. The Morgan fingerprint density at radius 3 is 2.68 bits per heavy atom. The van der Waals surface area contributed by atoms with Gasteiger partial charge in [-0.15, -0.1) is 0 Å². The monoisotopic (exact) mass is 270 g/mol. The second kappa shape index (κ2) is 5.09. The molecule has 0 spiro atoms. The molecular formula is C13H22N2O4. The number of amides is 1. The van der Waals surface area contributed by atoms with Crippen molar-refractivity contribution in [3.8, 4) is 0 Å². The van der Waals surface area contributed by atoms with Gasteiger partial charge in [-0.1, -0.05) is 6.92 Å². The molecule has 0 aromatic heterocycles. The van der Waals surface area contributed by atoms with E-state index in [9.17, 15) is 14.7 Å². The Kier molecular flexibility index (Phi) is 3.82. The SMILES string of the molecule is CC1CCN(C(=O)C2(C)COCC2N)C(C(=O)O)C1. The first-order valence-electron chi connectivity index (χ1n) is 6.73. The quantitative estimate of drug-likeness (QED) is 0.740. The molecule has 2 rings (SSSR count). The van der Waals surface area contributed by atoms with Gasteiger partial charge in [-0.2, -0.15) is 0 Å². The highest BCUT2D eigenvalue weighted by Crippen LogP contribution is 2.33. The minimum absolute atomic E-state index is 0.184. The average Bonchev–Trinajstić information content (AvgIpc) is 2.70. The van der Waals surface area contributed by atoms with Crippen LogP contribution < -0.4 is 5.73 Å². The van der Waals surface area contributed by atoms with Gasteiger partial charge in [0.2, 0.25) is 5.91 Å². The zero-order valence-corrected chi connectivity index (χ0v) is 11.5. The van der Waals surface area contributed by atoms with Gasteiger partial charge in [-0.25, -0.2) is 4.79 Å². The van der Waals surface area contributed by atoms with Gasteiger partial charge in [0.05, 0.1) is 18.6 Å². The van der Waals surface area contributed by atoms with E-state index in [1.165, 1.54) is 4.90 Å². The first kappa shape index (κ1) is 14.3. The molecule has 1 amide bonds. The zero-order valence-electron chi connectivity index (χ0n) is 11.5. The number of ether oxygens (including phenoxy) is 1. The third-order valence-electron chi connectivity index (χ3n) is 4.42. The number of hydrogen-bond acceptors (Lipinski definition) is 4. The summed E-state index contributed by atoms with van der Waals surface area (Å²) in [5, 5.41) is 9.31. The van der Waals surface area contributed by atoms with Crippen LogP contribution in [0, 0.1) is 11.3 Å². The van der Waals surface area contributed by atoms with E-state index in [1.54, 1.807) is 6.92 Å². The van der Waals surface area contributed by atoms with Crippen LogP contribution in [-0.4, -0.2) is 53.7 Å². The summed E-state index contributed by atoms with van der Waals surface area (Å²) in [6.45, 7) is 4.89. The van der Waals surface area contributed by atoms with Gasteiger partial charge in [-0.05, 0) is 25.7 Å². The lowest BCUT2D eigenvalue weighted by molar-refractivity contribution is -0.158. The maximum atomic E-state index is 12.7. The largest absolute Gasteiger partial charge is 0.480 e. The van der Waals surface area contributed by atoms with Crippen LogP contribution in [0.4, 0.5) is 0 Å². The lowest BCUT2D eigenvalue weighted by atomic mass is 9.82. The minimum Gasteiger partial charge on any atom is -0.480 e. The molecule has 4 unspecified atom stereocenters. The average molecular weight is 270 g/mol. The number of carboxylic acids is 1. The number of aliphatic carboxylic acids is 1. The van der Waals surface area contributed by atoms with Crippen LogP contribution in [0.5, 0.6) is 0 Å². The van der Waals surface area contributed by atoms with E-state index < -0.39 is 17.4 Å². The fourth-order valence-electron chi connectivity index (χ4n) is 2.86. The molecule has 4 atom stereocenters. The Morgan fingerprint density at radius 2 is 2.16 bits per heavy atom. The number of carbonyl (C=O) groups is 2. The number of nitrogens with two attached hydrogens (primary N) is 1. The second-order valence-electron chi connectivity index (χ2n) is 6.02. The van der Waals surface area contributed by atoms with Crippen molar-refractivity contribution in [2.45, 2.75) is 38.8 Å². The van der Waals surface area contributed by atoms with Crippen molar-refractivity contribution >= 4 is 11.9 Å². The van der Waals surface area contributed by atoms with Crippen molar-refractivity contribution in [1.82, 2.24) is 4.90 Å². The van der Waals surface area contributed by atoms with Crippen molar-refractivity contribution in [3.63, 3.8) is 0 Å². The molecule has 0 radical (unpaired) electrons. The fraction of sp³-hybridized carbons (Fsp3) is 0.846. The van der Waals surface area contributed by atoms with Gasteiger partial charge in [0.1, 0.15) is 6.04 Å². The van der Waals surface area contributed by atoms with Crippen molar-refractivity contribution in [3.05, 3.63) is 0 Å². The van der Waals surface area contributed by atoms with Gasteiger partial charge >= 0.3 is 5.97 Å². The molecule has 2 aliphatic heterocycles. The molecule has 2 saturated heterocycles. The van der Waals surface area contributed by atoms with Gasteiger partial charge in [0.25, 0.3) is 0 Å². The molecule has 2 fully saturated rings. The molecule has 2 aliphatic rings. The molecule has 19 heavy (non-hydrogen) atoms. The standard InChI is InChI=1S/C13H22N2O4/c1-8-3-4-15(9(5-8)11(16)17)12(18)13(2)7-19-6-10(13)14/h8-10H,3-7,14H2,1-2H3,(H,16,17). The Morgan fingerprint density at radius 1 is 1.47 bits per heavy atom. The number of nitrogens with zero attached hydrogens (tertiary/aromatic N) is 1. The summed E-state index contributed by atoms with van der Waals surface area (Å²) in [6, 6.07) is -1.10. The number of likely N-dealkylation sites (tertiary alicyclic amines) is 1. The molecule has 6 nitrogen and oxygen atoms in total. The number of rotatable bonds is 2. The molecule has 0 aromatic rings. The maximum absolute atomic E-state index is 12.7. The van der Waals surface area contributed by atoms with Crippen molar-refractivity contribution in [2.75, 3.05) is 19.8 Å². The van der Waals surface area contributed by atoms with Crippen LogP contribution in [0.1, 0.15) is 26.7 Å². The third kappa shape index (κ3) is 2.47. The zero-order chi connectivity index (χ0) is 14.2. The van der Waals surface area contributed by atoms with Gasteiger partial charge in [-0.3, -0.25) is 4.79 Å². The Bertz CT molecular complexity index is 387. The van der Waals surface area contributed by atoms with Crippen LogP contribution in [0.3, 0.4) is 0 Å². The summed E-state index contributed by atoms with van der Waals surface area (Å²) in [7, 11) is 0. The number of hydrogen-bond donors (Lipinski definition) is 2. The van der Waals surface area contributed by atoms with Crippen molar-refractivity contribution in [2.24, 2.45) is 17.1 Å². The molecule has 0 aliphatic carbocycles. The van der Waals surface area contributed by atoms with Crippen LogP contribution in [0.15, 0.2) is 0 Å². The van der Waals surface area contributed by atoms with Crippen molar-refractivity contribution < 1.29 is 19.4 Å². The molecule has 2 heterocycles.